The van der Waals surface area contributed by atoms with Gasteiger partial charge in [-0.25, -0.2) is 8.78 Å². The van der Waals surface area contributed by atoms with E-state index >= 15 is 0 Å². The molecule has 0 amide bonds. The van der Waals surface area contributed by atoms with E-state index in [2.05, 4.69) is 10.2 Å². The lowest BCUT2D eigenvalue weighted by Crippen LogP contribution is -2.41. The number of piperidine rings is 1. The summed E-state index contributed by atoms with van der Waals surface area (Å²) < 4.78 is 37.1. The largest absolute Gasteiger partial charge is 0.462 e. The Morgan fingerprint density at radius 1 is 1.21 bits per heavy atom. The Kier molecular flexibility index (Phi) is 5.48. The number of halogens is 2. The van der Waals surface area contributed by atoms with Gasteiger partial charge in [-0.2, -0.15) is 0 Å². The van der Waals surface area contributed by atoms with E-state index in [0.29, 0.717) is 12.3 Å². The number of methoxy groups -OCH3 is 1. The molecule has 0 bridgehead atoms. The Bertz CT molecular complexity index is 675. The second-order valence-corrected chi connectivity index (χ2v) is 6.15. The number of nitrogens with zero attached hydrogens (tertiary/aromatic N) is 1. The summed E-state index contributed by atoms with van der Waals surface area (Å²) in [5.74, 6) is 0.0842. The summed E-state index contributed by atoms with van der Waals surface area (Å²) in [5, 5.41) is 3.29. The van der Waals surface area contributed by atoms with Gasteiger partial charge in [-0.05, 0) is 43.7 Å². The van der Waals surface area contributed by atoms with Crippen LogP contribution in [0.1, 0.15) is 24.4 Å². The van der Waals surface area contributed by atoms with Crippen LogP contribution in [0.3, 0.4) is 0 Å². The minimum absolute atomic E-state index is 0.206. The molecule has 130 valence electrons. The topological polar surface area (TPSA) is 37.6 Å². The van der Waals surface area contributed by atoms with E-state index in [9.17, 15) is 8.78 Å². The Balaban J connectivity index is 1.56. The fourth-order valence-electron chi connectivity index (χ4n) is 3.09. The quantitative estimate of drug-likeness (QED) is 0.871. The van der Waals surface area contributed by atoms with Crippen molar-refractivity contribution in [1.29, 1.82) is 0 Å². The lowest BCUT2D eigenvalue weighted by Gasteiger charge is -2.33. The standard InChI is InChI=1S/C18H22F2N2O2/c1-23-12-16-6-5-15(24-16)11-22-8-2-3-14(10-22)21-13-4-7-17(19)18(20)9-13/h4-7,9,14,21H,2-3,8,10-12H2,1H3. The van der Waals surface area contributed by atoms with Crippen molar-refractivity contribution in [2.75, 3.05) is 25.5 Å². The normalized spacial score (nSPS) is 18.7. The molecule has 1 aliphatic rings. The van der Waals surface area contributed by atoms with Crippen LogP contribution < -0.4 is 5.32 Å². The zero-order chi connectivity index (χ0) is 16.9. The van der Waals surface area contributed by atoms with Crippen LogP contribution in [0, 0.1) is 11.6 Å². The maximum absolute atomic E-state index is 13.3. The van der Waals surface area contributed by atoms with E-state index in [1.54, 1.807) is 13.2 Å². The van der Waals surface area contributed by atoms with Crippen molar-refractivity contribution in [3.05, 3.63) is 53.5 Å². The molecule has 1 aliphatic heterocycles. The highest BCUT2D eigenvalue weighted by molar-refractivity contribution is 5.44. The Labute approximate surface area is 140 Å². The van der Waals surface area contributed by atoms with Gasteiger partial charge in [-0.1, -0.05) is 0 Å². The van der Waals surface area contributed by atoms with Crippen molar-refractivity contribution >= 4 is 5.69 Å². The second-order valence-electron chi connectivity index (χ2n) is 6.15. The molecule has 1 atom stereocenters. The molecule has 24 heavy (non-hydrogen) atoms. The molecule has 4 nitrogen and oxygen atoms in total. The summed E-state index contributed by atoms with van der Waals surface area (Å²) in [4.78, 5) is 2.30. The molecular weight excluding hydrogens is 314 g/mol. The average molecular weight is 336 g/mol. The fraction of sp³-hybridized carbons (Fsp3) is 0.444. The molecule has 0 spiro atoms. The highest BCUT2D eigenvalue weighted by atomic mass is 19.2. The maximum Gasteiger partial charge on any atom is 0.160 e. The van der Waals surface area contributed by atoms with Crippen molar-refractivity contribution < 1.29 is 17.9 Å². The monoisotopic (exact) mass is 336 g/mol. The van der Waals surface area contributed by atoms with E-state index in [0.717, 1.165) is 50.1 Å². The van der Waals surface area contributed by atoms with Crippen molar-refractivity contribution in [2.24, 2.45) is 0 Å². The number of benzene rings is 1. The third-order valence-electron chi connectivity index (χ3n) is 4.18. The van der Waals surface area contributed by atoms with Gasteiger partial charge in [0, 0.05) is 31.5 Å². The van der Waals surface area contributed by atoms with Gasteiger partial charge in [0.25, 0.3) is 0 Å². The molecule has 1 aromatic carbocycles. The highest BCUT2D eigenvalue weighted by Gasteiger charge is 2.21. The van der Waals surface area contributed by atoms with Crippen LogP contribution >= 0.6 is 0 Å². The zero-order valence-corrected chi connectivity index (χ0v) is 13.7. The number of likely N-dealkylation sites (tertiary alicyclic amines) is 1. The van der Waals surface area contributed by atoms with Gasteiger partial charge in [-0.15, -0.1) is 0 Å². The fourth-order valence-corrected chi connectivity index (χ4v) is 3.09. The predicted octanol–water partition coefficient (Wildman–Crippen LogP) is 3.78. The molecular formula is C18H22F2N2O2. The molecule has 1 aromatic heterocycles. The lowest BCUT2D eigenvalue weighted by molar-refractivity contribution is 0.155. The maximum atomic E-state index is 13.3. The minimum Gasteiger partial charge on any atom is -0.462 e. The van der Waals surface area contributed by atoms with Crippen LogP contribution in [-0.4, -0.2) is 31.1 Å². The Morgan fingerprint density at radius 3 is 2.83 bits per heavy atom. The van der Waals surface area contributed by atoms with E-state index in [1.807, 2.05) is 12.1 Å². The molecule has 2 aromatic rings. The number of furan rings is 1. The zero-order valence-electron chi connectivity index (χ0n) is 13.7. The lowest BCUT2D eigenvalue weighted by atomic mass is 10.1. The van der Waals surface area contributed by atoms with Gasteiger partial charge < -0.3 is 14.5 Å². The van der Waals surface area contributed by atoms with Gasteiger partial charge in [0.05, 0.1) is 6.54 Å². The summed E-state index contributed by atoms with van der Waals surface area (Å²) in [5.41, 5.74) is 0.612. The van der Waals surface area contributed by atoms with Crippen LogP contribution in [0.4, 0.5) is 14.5 Å². The summed E-state index contributed by atoms with van der Waals surface area (Å²) in [7, 11) is 1.64. The van der Waals surface area contributed by atoms with E-state index in [-0.39, 0.29) is 6.04 Å². The summed E-state index contributed by atoms with van der Waals surface area (Å²) >= 11 is 0. The predicted molar refractivity (Wildman–Crippen MR) is 87.7 cm³/mol. The van der Waals surface area contributed by atoms with Gasteiger partial charge in [0.1, 0.15) is 18.1 Å². The molecule has 0 saturated carbocycles. The van der Waals surface area contributed by atoms with Crippen molar-refractivity contribution in [2.45, 2.75) is 32.0 Å². The van der Waals surface area contributed by atoms with Crippen LogP contribution in [0.25, 0.3) is 0 Å². The van der Waals surface area contributed by atoms with E-state index < -0.39 is 11.6 Å². The molecule has 6 heteroatoms. The molecule has 1 N–H and O–H groups in total. The first-order valence-corrected chi connectivity index (χ1v) is 8.14. The third kappa shape index (κ3) is 4.33. The summed E-state index contributed by atoms with van der Waals surface area (Å²) in [6.07, 6.45) is 2.05. The van der Waals surface area contributed by atoms with Crippen molar-refractivity contribution in [3.63, 3.8) is 0 Å². The summed E-state index contributed by atoms with van der Waals surface area (Å²) in [6.45, 7) is 3.04. The smallest absolute Gasteiger partial charge is 0.160 e. The van der Waals surface area contributed by atoms with Gasteiger partial charge >= 0.3 is 0 Å². The van der Waals surface area contributed by atoms with Gasteiger partial charge in [-0.3, -0.25) is 4.90 Å². The molecule has 0 radical (unpaired) electrons. The molecule has 2 heterocycles. The summed E-state index contributed by atoms with van der Waals surface area (Å²) in [6, 6.07) is 8.04. The van der Waals surface area contributed by atoms with E-state index in [1.165, 1.54) is 6.07 Å². The van der Waals surface area contributed by atoms with Crippen molar-refractivity contribution in [1.82, 2.24) is 4.90 Å². The number of rotatable bonds is 6. The van der Waals surface area contributed by atoms with E-state index in [4.69, 9.17) is 9.15 Å². The Morgan fingerprint density at radius 2 is 2.04 bits per heavy atom. The molecule has 3 rings (SSSR count). The number of hydrogen-bond acceptors (Lipinski definition) is 4. The first-order valence-electron chi connectivity index (χ1n) is 8.14. The first kappa shape index (κ1) is 16.9. The van der Waals surface area contributed by atoms with Gasteiger partial charge in [0.2, 0.25) is 0 Å². The number of ether oxygens (including phenoxy) is 1. The number of anilines is 1. The third-order valence-corrected chi connectivity index (χ3v) is 4.18. The highest BCUT2D eigenvalue weighted by Crippen LogP contribution is 2.20. The van der Waals surface area contributed by atoms with Crippen LogP contribution in [0.15, 0.2) is 34.7 Å². The minimum atomic E-state index is -0.825. The van der Waals surface area contributed by atoms with Crippen LogP contribution in [-0.2, 0) is 17.9 Å². The first-order chi connectivity index (χ1) is 11.6. The SMILES string of the molecule is COCc1ccc(CN2CCCC(Nc3ccc(F)c(F)c3)C2)o1. The van der Waals surface area contributed by atoms with Crippen LogP contribution in [0.2, 0.25) is 0 Å². The molecule has 1 fully saturated rings. The molecule has 0 aliphatic carbocycles. The van der Waals surface area contributed by atoms with Gasteiger partial charge in [0.15, 0.2) is 11.6 Å². The number of nitrogens with one attached hydrogen (secondary N) is 1. The van der Waals surface area contributed by atoms with Crippen LogP contribution in [0.5, 0.6) is 0 Å². The second kappa shape index (κ2) is 7.77. The number of hydrogen-bond donors (Lipinski definition) is 1. The Hall–Kier alpha value is -1.92. The molecule has 1 unspecified atom stereocenters. The average Bonchev–Trinajstić information content (AvgIpc) is 2.99. The molecule has 1 saturated heterocycles. The van der Waals surface area contributed by atoms with Crippen molar-refractivity contribution in [3.8, 4) is 0 Å².